The zero-order chi connectivity index (χ0) is 12.4. The van der Waals surface area contributed by atoms with Crippen LogP contribution in [0.15, 0.2) is 71.5 Å². The number of benzene rings is 2. The summed E-state index contributed by atoms with van der Waals surface area (Å²) in [5.41, 5.74) is 2.22. The predicted molar refractivity (Wildman–Crippen MR) is 76.7 cm³/mol. The highest BCUT2D eigenvalue weighted by molar-refractivity contribution is 9.10. The van der Waals surface area contributed by atoms with Gasteiger partial charge in [0.15, 0.2) is 0 Å². The third kappa shape index (κ3) is 2.09. The van der Waals surface area contributed by atoms with E-state index >= 15 is 0 Å². The van der Waals surface area contributed by atoms with Crippen LogP contribution >= 0.6 is 15.9 Å². The van der Waals surface area contributed by atoms with E-state index in [9.17, 15) is 0 Å². The van der Waals surface area contributed by atoms with Crippen molar-refractivity contribution in [2.45, 2.75) is 0 Å². The topological polar surface area (TPSA) is 17.8 Å². The number of halogens is 1. The van der Waals surface area contributed by atoms with Crippen LogP contribution in [0.2, 0.25) is 0 Å². The lowest BCUT2D eigenvalue weighted by Gasteiger charge is -2.07. The second-order valence-electron chi connectivity index (χ2n) is 3.96. The Balaban J connectivity index is 2.10. The predicted octanol–water partition coefficient (Wildman–Crippen LogP) is 4.30. The van der Waals surface area contributed by atoms with Crippen molar-refractivity contribution >= 4 is 15.9 Å². The Morgan fingerprint density at radius 2 is 1.61 bits per heavy atom. The maximum atomic E-state index is 4.44. The Bertz CT molecular complexity index is 642. The van der Waals surface area contributed by atoms with E-state index in [4.69, 9.17) is 0 Å². The van der Waals surface area contributed by atoms with Crippen LogP contribution in [0.1, 0.15) is 0 Å². The zero-order valence-corrected chi connectivity index (χ0v) is 11.2. The number of aromatic nitrogens is 2. The standard InChI is InChI=1S/C15H11BrN2/c16-13-6-8-14(9-7-13)18-11-10-17-15(18)12-4-2-1-3-5-12/h1-11H. The molecule has 0 atom stereocenters. The molecule has 0 amide bonds. The highest BCUT2D eigenvalue weighted by atomic mass is 79.9. The van der Waals surface area contributed by atoms with Crippen LogP contribution in [-0.2, 0) is 0 Å². The van der Waals surface area contributed by atoms with Crippen LogP contribution in [0.3, 0.4) is 0 Å². The van der Waals surface area contributed by atoms with E-state index < -0.39 is 0 Å². The van der Waals surface area contributed by atoms with Crippen molar-refractivity contribution in [1.29, 1.82) is 0 Å². The van der Waals surface area contributed by atoms with Gasteiger partial charge in [-0.25, -0.2) is 4.98 Å². The van der Waals surface area contributed by atoms with Gasteiger partial charge in [-0.05, 0) is 24.3 Å². The summed E-state index contributed by atoms with van der Waals surface area (Å²) >= 11 is 3.45. The average Bonchev–Trinajstić information content (AvgIpc) is 2.90. The Labute approximate surface area is 114 Å². The first kappa shape index (κ1) is 11.2. The lowest BCUT2D eigenvalue weighted by molar-refractivity contribution is 1.07. The molecule has 1 heterocycles. The molecular weight excluding hydrogens is 288 g/mol. The minimum absolute atomic E-state index is 0.956. The molecule has 0 unspecified atom stereocenters. The highest BCUT2D eigenvalue weighted by Gasteiger charge is 2.06. The summed E-state index contributed by atoms with van der Waals surface area (Å²) in [6.45, 7) is 0. The first-order valence-electron chi connectivity index (χ1n) is 5.69. The summed E-state index contributed by atoms with van der Waals surface area (Å²) < 4.78 is 3.16. The van der Waals surface area contributed by atoms with Gasteiger partial charge in [0.25, 0.3) is 0 Å². The second kappa shape index (κ2) is 4.78. The van der Waals surface area contributed by atoms with E-state index in [1.807, 2.05) is 42.7 Å². The summed E-state index contributed by atoms with van der Waals surface area (Å²) in [6.07, 6.45) is 3.80. The Morgan fingerprint density at radius 3 is 2.33 bits per heavy atom. The van der Waals surface area contributed by atoms with Crippen molar-refractivity contribution in [3.05, 3.63) is 71.5 Å². The monoisotopic (exact) mass is 298 g/mol. The molecule has 1 aromatic heterocycles. The van der Waals surface area contributed by atoms with E-state index in [0.29, 0.717) is 0 Å². The maximum absolute atomic E-state index is 4.44. The molecule has 3 rings (SSSR count). The molecule has 0 fully saturated rings. The van der Waals surface area contributed by atoms with Crippen LogP contribution < -0.4 is 0 Å². The molecule has 0 aliphatic heterocycles. The summed E-state index contributed by atoms with van der Waals surface area (Å²) in [4.78, 5) is 4.44. The molecule has 18 heavy (non-hydrogen) atoms. The van der Waals surface area contributed by atoms with Gasteiger partial charge in [0.05, 0.1) is 0 Å². The molecule has 0 aliphatic carbocycles. The van der Waals surface area contributed by atoms with E-state index in [1.165, 1.54) is 0 Å². The molecule has 0 spiro atoms. The van der Waals surface area contributed by atoms with E-state index in [-0.39, 0.29) is 0 Å². The van der Waals surface area contributed by atoms with Crippen LogP contribution in [0, 0.1) is 0 Å². The minimum atomic E-state index is 0.956. The van der Waals surface area contributed by atoms with E-state index in [1.54, 1.807) is 0 Å². The van der Waals surface area contributed by atoms with Crippen LogP contribution in [0.4, 0.5) is 0 Å². The van der Waals surface area contributed by atoms with E-state index in [2.05, 4.69) is 49.7 Å². The van der Waals surface area contributed by atoms with Gasteiger partial charge < -0.3 is 0 Å². The third-order valence-electron chi connectivity index (χ3n) is 2.78. The van der Waals surface area contributed by atoms with Gasteiger partial charge >= 0.3 is 0 Å². The largest absolute Gasteiger partial charge is 0.300 e. The lowest BCUT2D eigenvalue weighted by atomic mass is 10.2. The molecule has 2 aromatic carbocycles. The van der Waals surface area contributed by atoms with Crippen molar-refractivity contribution < 1.29 is 0 Å². The SMILES string of the molecule is Brc1ccc(-n2ccnc2-c2ccccc2)cc1. The van der Waals surface area contributed by atoms with E-state index in [0.717, 1.165) is 21.5 Å². The summed E-state index contributed by atoms with van der Waals surface area (Å²) in [7, 11) is 0. The maximum Gasteiger partial charge on any atom is 0.144 e. The number of rotatable bonds is 2. The molecule has 0 saturated carbocycles. The van der Waals surface area contributed by atoms with Gasteiger partial charge in [-0.3, -0.25) is 4.57 Å². The van der Waals surface area contributed by atoms with Gasteiger partial charge in [-0.1, -0.05) is 46.3 Å². The summed E-state index contributed by atoms with van der Waals surface area (Å²) in [6, 6.07) is 18.4. The van der Waals surface area contributed by atoms with Crippen LogP contribution in [-0.4, -0.2) is 9.55 Å². The second-order valence-corrected chi connectivity index (χ2v) is 4.88. The quantitative estimate of drug-likeness (QED) is 0.690. The Kier molecular flexibility index (Phi) is 2.99. The fourth-order valence-electron chi connectivity index (χ4n) is 1.91. The fraction of sp³-hybridized carbons (Fsp3) is 0. The molecule has 3 aromatic rings. The van der Waals surface area contributed by atoms with Crippen molar-refractivity contribution in [1.82, 2.24) is 9.55 Å². The highest BCUT2D eigenvalue weighted by Crippen LogP contribution is 2.22. The molecule has 2 nitrogen and oxygen atoms in total. The van der Waals surface area contributed by atoms with Gasteiger partial charge in [0, 0.05) is 28.1 Å². The van der Waals surface area contributed by atoms with Gasteiger partial charge in [-0.15, -0.1) is 0 Å². The summed E-state index contributed by atoms with van der Waals surface area (Å²) in [5, 5.41) is 0. The molecule has 3 heteroatoms. The third-order valence-corrected chi connectivity index (χ3v) is 3.31. The molecule has 0 N–H and O–H groups in total. The molecule has 88 valence electrons. The lowest BCUT2D eigenvalue weighted by Crippen LogP contribution is -1.95. The van der Waals surface area contributed by atoms with Crippen molar-refractivity contribution in [3.63, 3.8) is 0 Å². The fourth-order valence-corrected chi connectivity index (χ4v) is 2.18. The minimum Gasteiger partial charge on any atom is -0.300 e. The molecule has 0 bridgehead atoms. The first-order chi connectivity index (χ1) is 8.84. The Morgan fingerprint density at radius 1 is 0.889 bits per heavy atom. The number of nitrogens with zero attached hydrogens (tertiary/aromatic N) is 2. The number of hydrogen-bond donors (Lipinski definition) is 0. The van der Waals surface area contributed by atoms with Crippen molar-refractivity contribution in [3.8, 4) is 17.1 Å². The normalized spacial score (nSPS) is 10.5. The van der Waals surface area contributed by atoms with Gasteiger partial charge in [-0.2, -0.15) is 0 Å². The molecular formula is C15H11BrN2. The number of hydrogen-bond acceptors (Lipinski definition) is 1. The Hall–Kier alpha value is -1.87. The smallest absolute Gasteiger partial charge is 0.144 e. The zero-order valence-electron chi connectivity index (χ0n) is 9.62. The molecule has 0 saturated heterocycles. The average molecular weight is 299 g/mol. The van der Waals surface area contributed by atoms with Gasteiger partial charge in [0.1, 0.15) is 5.82 Å². The van der Waals surface area contributed by atoms with Crippen LogP contribution in [0.5, 0.6) is 0 Å². The van der Waals surface area contributed by atoms with Crippen molar-refractivity contribution in [2.75, 3.05) is 0 Å². The first-order valence-corrected chi connectivity index (χ1v) is 6.48. The summed E-state index contributed by atoms with van der Waals surface area (Å²) in [5.74, 6) is 0.956. The van der Waals surface area contributed by atoms with Gasteiger partial charge in [0.2, 0.25) is 0 Å². The number of imidazole rings is 1. The molecule has 0 aliphatic rings. The van der Waals surface area contributed by atoms with Crippen molar-refractivity contribution in [2.24, 2.45) is 0 Å². The molecule has 0 radical (unpaired) electrons. The van der Waals surface area contributed by atoms with Crippen LogP contribution in [0.25, 0.3) is 17.1 Å².